The van der Waals surface area contributed by atoms with Gasteiger partial charge in [0, 0.05) is 19.6 Å². The molecule has 0 saturated carbocycles. The van der Waals surface area contributed by atoms with Crippen molar-refractivity contribution in [1.29, 1.82) is 0 Å². The first-order chi connectivity index (χ1) is 12.3. The lowest BCUT2D eigenvalue weighted by Gasteiger charge is -2.20. The maximum atomic E-state index is 5.43. The Morgan fingerprint density at radius 2 is 1.85 bits per heavy atom. The number of halogens is 1. The standard InChI is InChI=1S/C19H30N4O2.HI/c1-2-20-19(21-9-12-23-10-5-3-4-6-11-23)22-14-16-7-8-17-18(13-16)25-15-24-17;/h7-8,13H,2-6,9-12,14-15H2,1H3,(H2,20,21,22);1H. The third kappa shape index (κ3) is 6.50. The topological polar surface area (TPSA) is 58.1 Å². The largest absolute Gasteiger partial charge is 0.454 e. The minimum Gasteiger partial charge on any atom is -0.454 e. The summed E-state index contributed by atoms with van der Waals surface area (Å²) < 4.78 is 10.8. The number of likely N-dealkylation sites (tertiary alicyclic amines) is 1. The number of nitrogens with one attached hydrogen (secondary N) is 2. The Balaban J connectivity index is 0.00000243. The summed E-state index contributed by atoms with van der Waals surface area (Å²) in [7, 11) is 0. The molecule has 2 aliphatic rings. The minimum absolute atomic E-state index is 0. The van der Waals surface area contributed by atoms with Crippen LogP contribution in [0.1, 0.15) is 38.2 Å². The van der Waals surface area contributed by atoms with Crippen molar-refractivity contribution in [3.05, 3.63) is 23.8 Å². The van der Waals surface area contributed by atoms with Crippen LogP contribution in [-0.2, 0) is 6.54 Å². The highest BCUT2D eigenvalue weighted by molar-refractivity contribution is 14.0. The van der Waals surface area contributed by atoms with Crippen molar-refractivity contribution in [2.24, 2.45) is 4.99 Å². The molecular formula is C19H31IN4O2. The molecule has 7 heteroatoms. The maximum Gasteiger partial charge on any atom is 0.231 e. The van der Waals surface area contributed by atoms with Crippen molar-refractivity contribution in [3.8, 4) is 11.5 Å². The van der Waals surface area contributed by atoms with Crippen LogP contribution in [0.3, 0.4) is 0 Å². The number of aliphatic imine (C=N–C) groups is 1. The molecule has 0 aliphatic carbocycles. The molecule has 1 aromatic rings. The predicted molar refractivity (Wildman–Crippen MR) is 116 cm³/mol. The summed E-state index contributed by atoms with van der Waals surface area (Å²) in [5.74, 6) is 2.50. The second kappa shape index (κ2) is 11.5. The lowest BCUT2D eigenvalue weighted by Crippen LogP contribution is -2.41. The molecule has 2 N–H and O–H groups in total. The summed E-state index contributed by atoms with van der Waals surface area (Å²) >= 11 is 0. The Kier molecular flexibility index (Phi) is 9.31. The van der Waals surface area contributed by atoms with Crippen LogP contribution in [0, 0.1) is 0 Å². The predicted octanol–water partition coefficient (Wildman–Crippen LogP) is 2.96. The molecule has 2 aliphatic heterocycles. The van der Waals surface area contributed by atoms with Crippen molar-refractivity contribution in [3.63, 3.8) is 0 Å². The Morgan fingerprint density at radius 1 is 1.08 bits per heavy atom. The molecule has 3 rings (SSSR count). The minimum atomic E-state index is 0. The Hall–Kier alpha value is -1.22. The van der Waals surface area contributed by atoms with E-state index in [9.17, 15) is 0 Å². The number of ether oxygens (including phenoxy) is 2. The number of rotatable bonds is 6. The lowest BCUT2D eigenvalue weighted by atomic mass is 10.2. The van der Waals surface area contributed by atoms with Crippen LogP contribution in [0.4, 0.5) is 0 Å². The molecule has 1 fully saturated rings. The molecule has 26 heavy (non-hydrogen) atoms. The fourth-order valence-corrected chi connectivity index (χ4v) is 3.24. The van der Waals surface area contributed by atoms with Crippen LogP contribution in [0.15, 0.2) is 23.2 Å². The van der Waals surface area contributed by atoms with Crippen LogP contribution >= 0.6 is 24.0 Å². The summed E-state index contributed by atoms with van der Waals surface area (Å²) in [4.78, 5) is 7.25. The molecule has 146 valence electrons. The van der Waals surface area contributed by atoms with E-state index in [0.29, 0.717) is 13.3 Å². The van der Waals surface area contributed by atoms with Gasteiger partial charge < -0.3 is 25.0 Å². The summed E-state index contributed by atoms with van der Waals surface area (Å²) in [6.45, 7) is 8.34. The zero-order valence-electron chi connectivity index (χ0n) is 15.6. The Morgan fingerprint density at radius 3 is 2.62 bits per heavy atom. The number of nitrogens with zero attached hydrogens (tertiary/aromatic N) is 2. The zero-order chi connectivity index (χ0) is 17.3. The summed E-state index contributed by atoms with van der Waals surface area (Å²) in [6.07, 6.45) is 5.42. The molecule has 1 aromatic carbocycles. The SMILES string of the molecule is CCNC(=NCc1ccc2c(c1)OCO2)NCCN1CCCCCC1.I. The second-order valence-corrected chi connectivity index (χ2v) is 6.57. The van der Waals surface area contributed by atoms with E-state index in [4.69, 9.17) is 9.47 Å². The molecular weight excluding hydrogens is 443 g/mol. The Bertz CT molecular complexity index is 575. The van der Waals surface area contributed by atoms with Gasteiger partial charge in [-0.15, -0.1) is 24.0 Å². The number of guanidine groups is 1. The average molecular weight is 474 g/mol. The van der Waals surface area contributed by atoms with Crippen molar-refractivity contribution < 1.29 is 9.47 Å². The van der Waals surface area contributed by atoms with Gasteiger partial charge in [0.25, 0.3) is 0 Å². The van der Waals surface area contributed by atoms with Crippen LogP contribution in [0.5, 0.6) is 11.5 Å². The monoisotopic (exact) mass is 474 g/mol. The highest BCUT2D eigenvalue weighted by Crippen LogP contribution is 2.32. The fourth-order valence-electron chi connectivity index (χ4n) is 3.24. The van der Waals surface area contributed by atoms with Crippen molar-refractivity contribution >= 4 is 29.9 Å². The van der Waals surface area contributed by atoms with Crippen molar-refractivity contribution in [1.82, 2.24) is 15.5 Å². The zero-order valence-corrected chi connectivity index (χ0v) is 18.0. The molecule has 1 saturated heterocycles. The molecule has 6 nitrogen and oxygen atoms in total. The molecule has 0 amide bonds. The van der Waals surface area contributed by atoms with E-state index in [2.05, 4.69) is 27.4 Å². The van der Waals surface area contributed by atoms with Gasteiger partial charge in [-0.05, 0) is 50.6 Å². The fraction of sp³-hybridized carbons (Fsp3) is 0.632. The van der Waals surface area contributed by atoms with Gasteiger partial charge in [-0.1, -0.05) is 18.9 Å². The van der Waals surface area contributed by atoms with E-state index in [1.54, 1.807) is 0 Å². The van der Waals surface area contributed by atoms with Crippen LogP contribution in [-0.4, -0.2) is 50.4 Å². The first kappa shape index (κ1) is 21.1. The van der Waals surface area contributed by atoms with E-state index in [-0.39, 0.29) is 24.0 Å². The molecule has 0 atom stereocenters. The van der Waals surface area contributed by atoms with Crippen LogP contribution in [0.2, 0.25) is 0 Å². The van der Waals surface area contributed by atoms with E-state index in [1.807, 2.05) is 18.2 Å². The Labute approximate surface area is 173 Å². The quantitative estimate of drug-likeness (QED) is 0.377. The van der Waals surface area contributed by atoms with Crippen LogP contribution in [0.25, 0.3) is 0 Å². The van der Waals surface area contributed by atoms with Gasteiger partial charge in [0.15, 0.2) is 17.5 Å². The number of benzene rings is 1. The smallest absolute Gasteiger partial charge is 0.231 e. The third-order valence-corrected chi connectivity index (χ3v) is 4.62. The normalized spacial score (nSPS) is 17.3. The van der Waals surface area contributed by atoms with Gasteiger partial charge >= 0.3 is 0 Å². The molecule has 2 heterocycles. The molecule has 0 unspecified atom stereocenters. The number of fused-ring (bicyclic) bond motifs is 1. The third-order valence-electron chi connectivity index (χ3n) is 4.62. The second-order valence-electron chi connectivity index (χ2n) is 6.57. The van der Waals surface area contributed by atoms with Gasteiger partial charge in [-0.2, -0.15) is 0 Å². The summed E-state index contributed by atoms with van der Waals surface area (Å²) in [6, 6.07) is 6.00. The maximum absolute atomic E-state index is 5.43. The van der Waals surface area contributed by atoms with Crippen LogP contribution < -0.4 is 20.1 Å². The lowest BCUT2D eigenvalue weighted by molar-refractivity contribution is 0.174. The van der Waals surface area contributed by atoms with Crippen molar-refractivity contribution in [2.75, 3.05) is 39.5 Å². The first-order valence-corrected chi connectivity index (χ1v) is 9.48. The van der Waals surface area contributed by atoms with E-state index >= 15 is 0 Å². The van der Waals surface area contributed by atoms with E-state index in [1.165, 1.54) is 38.8 Å². The van der Waals surface area contributed by atoms with Crippen molar-refractivity contribution in [2.45, 2.75) is 39.2 Å². The first-order valence-electron chi connectivity index (χ1n) is 9.48. The van der Waals surface area contributed by atoms with E-state index in [0.717, 1.165) is 42.7 Å². The number of hydrogen-bond acceptors (Lipinski definition) is 4. The average Bonchev–Trinajstić information content (AvgIpc) is 2.94. The molecule has 0 bridgehead atoms. The van der Waals surface area contributed by atoms with E-state index < -0.39 is 0 Å². The summed E-state index contributed by atoms with van der Waals surface area (Å²) in [5, 5.41) is 6.77. The van der Waals surface area contributed by atoms with Gasteiger partial charge in [0.2, 0.25) is 6.79 Å². The highest BCUT2D eigenvalue weighted by atomic mass is 127. The summed E-state index contributed by atoms with van der Waals surface area (Å²) in [5.41, 5.74) is 1.12. The van der Waals surface area contributed by atoms with Gasteiger partial charge in [0.05, 0.1) is 6.54 Å². The van der Waals surface area contributed by atoms with Gasteiger partial charge in [-0.3, -0.25) is 0 Å². The van der Waals surface area contributed by atoms with Gasteiger partial charge in [0.1, 0.15) is 0 Å². The molecule has 0 radical (unpaired) electrons. The highest BCUT2D eigenvalue weighted by Gasteiger charge is 2.13. The molecule has 0 spiro atoms. The van der Waals surface area contributed by atoms with Gasteiger partial charge in [-0.25, -0.2) is 4.99 Å². The molecule has 0 aromatic heterocycles. The number of hydrogen-bond donors (Lipinski definition) is 2.